The lowest BCUT2D eigenvalue weighted by Crippen LogP contribution is -2.10. The summed E-state index contributed by atoms with van der Waals surface area (Å²) in [6, 6.07) is 5.64. The van der Waals surface area contributed by atoms with Gasteiger partial charge in [0.15, 0.2) is 5.78 Å². The summed E-state index contributed by atoms with van der Waals surface area (Å²) in [5, 5.41) is 10.6. The van der Waals surface area contributed by atoms with Crippen LogP contribution in [-0.2, 0) is 13.0 Å². The van der Waals surface area contributed by atoms with Crippen molar-refractivity contribution in [2.45, 2.75) is 26.3 Å². The number of carbonyl (C=O) groups excluding carboxylic acids is 1. The number of rotatable bonds is 6. The average Bonchev–Trinajstić information content (AvgIpc) is 2.86. The highest BCUT2D eigenvalue weighted by atomic mass is 16.6. The van der Waals surface area contributed by atoms with E-state index in [4.69, 9.17) is 0 Å². The maximum Gasteiger partial charge on any atom is 0.269 e. The fourth-order valence-corrected chi connectivity index (χ4v) is 1.97. The first-order chi connectivity index (χ1) is 9.61. The van der Waals surface area contributed by atoms with Crippen LogP contribution in [0.25, 0.3) is 0 Å². The third-order valence-electron chi connectivity index (χ3n) is 2.98. The van der Waals surface area contributed by atoms with Gasteiger partial charge in [-0.2, -0.15) is 0 Å². The van der Waals surface area contributed by atoms with Crippen molar-refractivity contribution in [2.24, 2.45) is 0 Å². The molecule has 6 heteroatoms. The molecule has 0 radical (unpaired) electrons. The quantitative estimate of drug-likeness (QED) is 0.460. The molecule has 104 valence electrons. The minimum absolute atomic E-state index is 0.0194. The molecule has 1 heterocycles. The summed E-state index contributed by atoms with van der Waals surface area (Å²) in [4.78, 5) is 26.4. The Labute approximate surface area is 116 Å². The Morgan fingerprint density at radius 3 is 2.65 bits per heavy atom. The van der Waals surface area contributed by atoms with Gasteiger partial charge in [0.05, 0.1) is 11.3 Å². The molecule has 6 nitrogen and oxygen atoms in total. The number of nitro groups is 1. The van der Waals surface area contributed by atoms with E-state index in [1.54, 1.807) is 6.20 Å². The number of non-ortho nitro benzene ring substituents is 1. The number of aryl methyl sites for hydroxylation is 1. The fraction of sp³-hybridized carbons (Fsp3) is 0.286. The Hall–Kier alpha value is -2.50. The number of benzene rings is 1. The predicted molar refractivity (Wildman–Crippen MR) is 73.6 cm³/mol. The van der Waals surface area contributed by atoms with E-state index >= 15 is 0 Å². The van der Waals surface area contributed by atoms with Gasteiger partial charge < -0.3 is 4.57 Å². The maximum absolute atomic E-state index is 12.1. The van der Waals surface area contributed by atoms with Crippen molar-refractivity contribution >= 4 is 11.5 Å². The topological polar surface area (TPSA) is 78.0 Å². The molecule has 0 spiro atoms. The second-order valence-electron chi connectivity index (χ2n) is 4.44. The van der Waals surface area contributed by atoms with E-state index in [9.17, 15) is 14.9 Å². The van der Waals surface area contributed by atoms with Gasteiger partial charge in [0.2, 0.25) is 0 Å². The lowest BCUT2D eigenvalue weighted by Gasteiger charge is -2.05. The first-order valence-corrected chi connectivity index (χ1v) is 6.39. The van der Waals surface area contributed by atoms with E-state index in [0.29, 0.717) is 5.56 Å². The number of carbonyl (C=O) groups is 1. The normalized spacial score (nSPS) is 10.4. The molecular formula is C14H15N3O3. The molecule has 0 atom stereocenters. The summed E-state index contributed by atoms with van der Waals surface area (Å²) < 4.78 is 1.95. The van der Waals surface area contributed by atoms with Crippen molar-refractivity contribution in [1.82, 2.24) is 9.55 Å². The van der Waals surface area contributed by atoms with Crippen LogP contribution in [0.1, 0.15) is 29.5 Å². The van der Waals surface area contributed by atoms with Crippen molar-refractivity contribution in [3.8, 4) is 0 Å². The molecule has 0 amide bonds. The number of imidazole rings is 1. The maximum atomic E-state index is 12.1. The Morgan fingerprint density at radius 2 is 2.05 bits per heavy atom. The number of hydrogen-bond acceptors (Lipinski definition) is 4. The summed E-state index contributed by atoms with van der Waals surface area (Å²) in [6.45, 7) is 2.88. The molecule has 0 N–H and O–H groups in total. The molecule has 0 saturated carbocycles. The van der Waals surface area contributed by atoms with Crippen molar-refractivity contribution in [3.05, 3.63) is 58.2 Å². The highest BCUT2D eigenvalue weighted by molar-refractivity contribution is 5.97. The Kier molecular flexibility index (Phi) is 4.24. The van der Waals surface area contributed by atoms with Gasteiger partial charge >= 0.3 is 0 Å². The zero-order valence-electron chi connectivity index (χ0n) is 11.2. The molecule has 0 unspecified atom stereocenters. The van der Waals surface area contributed by atoms with E-state index in [1.165, 1.54) is 24.3 Å². The molecule has 1 aromatic heterocycles. The van der Waals surface area contributed by atoms with Crippen LogP contribution in [0.15, 0.2) is 36.7 Å². The third-order valence-corrected chi connectivity index (χ3v) is 2.98. The molecule has 2 rings (SSSR count). The summed E-state index contributed by atoms with van der Waals surface area (Å²) in [5.74, 6) is 0.624. The molecule has 1 aromatic carbocycles. The van der Waals surface area contributed by atoms with E-state index in [-0.39, 0.29) is 17.9 Å². The van der Waals surface area contributed by atoms with Crippen molar-refractivity contribution < 1.29 is 9.72 Å². The molecule has 0 saturated heterocycles. The van der Waals surface area contributed by atoms with Crippen LogP contribution in [0.5, 0.6) is 0 Å². The number of hydrogen-bond donors (Lipinski definition) is 0. The van der Waals surface area contributed by atoms with Crippen LogP contribution >= 0.6 is 0 Å². The molecule has 2 aromatic rings. The number of nitrogens with zero attached hydrogens (tertiary/aromatic N) is 3. The van der Waals surface area contributed by atoms with E-state index in [0.717, 1.165) is 18.8 Å². The second kappa shape index (κ2) is 6.10. The first-order valence-electron chi connectivity index (χ1n) is 6.39. The lowest BCUT2D eigenvalue weighted by atomic mass is 10.1. The standard InChI is InChI=1S/C14H15N3O3/c1-2-8-16-9-7-15-14(16)10-13(18)11-3-5-12(6-4-11)17(19)20/h3-7,9H,2,8,10H2,1H3. The zero-order valence-corrected chi connectivity index (χ0v) is 11.2. The fourth-order valence-electron chi connectivity index (χ4n) is 1.97. The SMILES string of the molecule is CCCn1ccnc1CC(=O)c1ccc([N+](=O)[O-])cc1. The van der Waals surface area contributed by atoms with Gasteiger partial charge in [-0.25, -0.2) is 4.98 Å². The molecule has 0 bridgehead atoms. The van der Waals surface area contributed by atoms with Gasteiger partial charge in [-0.1, -0.05) is 6.92 Å². The lowest BCUT2D eigenvalue weighted by molar-refractivity contribution is -0.384. The van der Waals surface area contributed by atoms with Crippen LogP contribution in [0.2, 0.25) is 0 Å². The molecule has 0 aliphatic heterocycles. The smallest absolute Gasteiger partial charge is 0.269 e. The number of Topliss-reactive ketones (excluding diaryl/α,β-unsaturated/α-hetero) is 1. The second-order valence-corrected chi connectivity index (χ2v) is 4.44. The highest BCUT2D eigenvalue weighted by Gasteiger charge is 2.13. The van der Waals surface area contributed by atoms with Crippen LogP contribution in [0.4, 0.5) is 5.69 Å². The third kappa shape index (κ3) is 3.09. The predicted octanol–water partition coefficient (Wildman–Crippen LogP) is 2.63. The molecule has 20 heavy (non-hydrogen) atoms. The van der Waals surface area contributed by atoms with Crippen molar-refractivity contribution in [2.75, 3.05) is 0 Å². The van der Waals surface area contributed by atoms with Crippen LogP contribution in [0, 0.1) is 10.1 Å². The van der Waals surface area contributed by atoms with Gasteiger partial charge in [-0.05, 0) is 18.6 Å². The van der Waals surface area contributed by atoms with Crippen molar-refractivity contribution in [3.63, 3.8) is 0 Å². The van der Waals surface area contributed by atoms with Gasteiger partial charge in [0.1, 0.15) is 5.82 Å². The van der Waals surface area contributed by atoms with E-state index < -0.39 is 4.92 Å². The highest BCUT2D eigenvalue weighted by Crippen LogP contribution is 2.14. The van der Waals surface area contributed by atoms with E-state index in [2.05, 4.69) is 11.9 Å². The van der Waals surface area contributed by atoms with Gasteiger partial charge in [0, 0.05) is 36.6 Å². The van der Waals surface area contributed by atoms with E-state index in [1.807, 2.05) is 10.8 Å². The van der Waals surface area contributed by atoms with Crippen LogP contribution in [-0.4, -0.2) is 20.3 Å². The van der Waals surface area contributed by atoms with Gasteiger partial charge in [-0.15, -0.1) is 0 Å². The van der Waals surface area contributed by atoms with Crippen LogP contribution < -0.4 is 0 Å². The largest absolute Gasteiger partial charge is 0.335 e. The average molecular weight is 273 g/mol. The molecular weight excluding hydrogens is 258 g/mol. The first kappa shape index (κ1) is 13.9. The number of ketones is 1. The van der Waals surface area contributed by atoms with Crippen LogP contribution in [0.3, 0.4) is 0 Å². The Morgan fingerprint density at radius 1 is 1.35 bits per heavy atom. The molecule has 0 aliphatic rings. The minimum Gasteiger partial charge on any atom is -0.335 e. The minimum atomic E-state index is -0.484. The summed E-state index contributed by atoms with van der Waals surface area (Å²) in [6.07, 6.45) is 4.69. The molecule has 0 fully saturated rings. The Bertz CT molecular complexity index is 617. The van der Waals surface area contributed by atoms with Crippen molar-refractivity contribution in [1.29, 1.82) is 0 Å². The summed E-state index contributed by atoms with van der Waals surface area (Å²) in [7, 11) is 0. The monoisotopic (exact) mass is 273 g/mol. The van der Waals surface area contributed by atoms with Gasteiger partial charge in [0.25, 0.3) is 5.69 Å². The van der Waals surface area contributed by atoms with Gasteiger partial charge in [-0.3, -0.25) is 14.9 Å². The number of aromatic nitrogens is 2. The number of nitro benzene ring substituents is 1. The summed E-state index contributed by atoms with van der Waals surface area (Å²) >= 11 is 0. The molecule has 0 aliphatic carbocycles. The zero-order chi connectivity index (χ0) is 14.5. The summed E-state index contributed by atoms with van der Waals surface area (Å²) in [5.41, 5.74) is 0.440. The Balaban J connectivity index is 2.11.